The molecule has 3 rings (SSSR count). The van der Waals surface area contributed by atoms with Gasteiger partial charge in [-0.25, -0.2) is 8.42 Å². The van der Waals surface area contributed by atoms with Crippen LogP contribution in [0.4, 0.5) is 0 Å². The Hall–Kier alpha value is -0.880. The molecule has 0 saturated carbocycles. The molecule has 2 fully saturated rings. The molecular weight excluding hydrogens is 274 g/mol. The highest BCUT2D eigenvalue weighted by Gasteiger charge is 2.36. The summed E-state index contributed by atoms with van der Waals surface area (Å²) in [4.78, 5) is 0. The van der Waals surface area contributed by atoms with Crippen molar-refractivity contribution >= 4 is 9.84 Å². The van der Waals surface area contributed by atoms with Gasteiger partial charge in [0.05, 0.1) is 11.4 Å². The van der Waals surface area contributed by atoms with Crippen molar-refractivity contribution in [2.45, 2.75) is 50.8 Å². The molecule has 2 atom stereocenters. The van der Waals surface area contributed by atoms with E-state index in [0.717, 1.165) is 37.3 Å². The Labute approximate surface area is 120 Å². The zero-order valence-electron chi connectivity index (χ0n) is 12.2. The predicted molar refractivity (Wildman–Crippen MR) is 78.6 cm³/mol. The first kappa shape index (κ1) is 14.1. The van der Waals surface area contributed by atoms with Gasteiger partial charge in [-0.1, -0.05) is 0 Å². The van der Waals surface area contributed by atoms with E-state index in [1.54, 1.807) is 4.68 Å². The van der Waals surface area contributed by atoms with E-state index < -0.39 is 15.2 Å². The lowest BCUT2D eigenvalue weighted by Crippen LogP contribution is -2.29. The van der Waals surface area contributed by atoms with E-state index in [9.17, 15) is 8.42 Å². The van der Waals surface area contributed by atoms with Crippen LogP contribution in [0, 0.1) is 13.8 Å². The fourth-order valence-corrected chi connectivity index (χ4v) is 5.57. The van der Waals surface area contributed by atoms with Crippen molar-refractivity contribution in [1.82, 2.24) is 15.1 Å². The molecule has 1 N–H and O–H groups in total. The molecule has 2 saturated heterocycles. The normalized spacial score (nSPS) is 29.7. The average Bonchev–Trinajstić information content (AvgIpc) is 2.90. The molecule has 0 aliphatic carbocycles. The van der Waals surface area contributed by atoms with Crippen molar-refractivity contribution in [2.75, 3.05) is 18.8 Å². The molecule has 20 heavy (non-hydrogen) atoms. The summed E-state index contributed by atoms with van der Waals surface area (Å²) in [7, 11) is -3.01. The summed E-state index contributed by atoms with van der Waals surface area (Å²) in [6.07, 6.45) is 3.80. The van der Waals surface area contributed by atoms with Crippen LogP contribution in [0.15, 0.2) is 0 Å². The topological polar surface area (TPSA) is 64.0 Å². The predicted octanol–water partition coefficient (Wildman–Crippen LogP) is 1.67. The quantitative estimate of drug-likeness (QED) is 0.902. The van der Waals surface area contributed by atoms with Crippen LogP contribution in [-0.4, -0.2) is 37.0 Å². The molecule has 2 unspecified atom stereocenters. The third-order valence-electron chi connectivity index (χ3n) is 4.65. The summed E-state index contributed by atoms with van der Waals surface area (Å²) in [6, 6.07) is 0. The fourth-order valence-electron chi connectivity index (χ4n) is 3.69. The molecule has 2 aliphatic heterocycles. The lowest BCUT2D eigenvalue weighted by molar-refractivity contribution is 0.457. The molecule has 1 aromatic heterocycles. The van der Waals surface area contributed by atoms with Gasteiger partial charge in [-0.05, 0) is 46.1 Å². The van der Waals surface area contributed by atoms with Crippen LogP contribution in [0.25, 0.3) is 0 Å². The van der Waals surface area contributed by atoms with Crippen LogP contribution in [0.2, 0.25) is 0 Å². The molecule has 112 valence electrons. The van der Waals surface area contributed by atoms with Gasteiger partial charge in [-0.2, -0.15) is 5.10 Å². The average molecular weight is 297 g/mol. The van der Waals surface area contributed by atoms with E-state index in [2.05, 4.69) is 10.4 Å². The number of piperidine rings is 1. The third-order valence-corrected chi connectivity index (χ3v) is 6.78. The van der Waals surface area contributed by atoms with E-state index in [0.29, 0.717) is 18.1 Å². The van der Waals surface area contributed by atoms with Crippen LogP contribution in [0.1, 0.15) is 53.9 Å². The van der Waals surface area contributed by atoms with Crippen LogP contribution in [-0.2, 0) is 9.84 Å². The third kappa shape index (κ3) is 2.29. The number of sulfone groups is 1. The molecule has 0 radical (unpaired) electrons. The first-order valence-electron chi connectivity index (χ1n) is 7.48. The van der Waals surface area contributed by atoms with Crippen LogP contribution < -0.4 is 5.32 Å². The zero-order valence-corrected chi connectivity index (χ0v) is 13.0. The Morgan fingerprint density at radius 2 is 2.05 bits per heavy atom. The van der Waals surface area contributed by atoms with Gasteiger partial charge >= 0.3 is 0 Å². The molecule has 0 amide bonds. The summed E-state index contributed by atoms with van der Waals surface area (Å²) in [5.74, 6) is 0.776. The van der Waals surface area contributed by atoms with Crippen molar-refractivity contribution in [1.29, 1.82) is 0 Å². The SMILES string of the molecule is Cc1nn(C2CCCS2(=O)=O)c(C)c1C1CCCNC1. The lowest BCUT2D eigenvalue weighted by Gasteiger charge is -2.23. The van der Waals surface area contributed by atoms with Gasteiger partial charge in [0.15, 0.2) is 15.2 Å². The van der Waals surface area contributed by atoms with Gasteiger partial charge in [0.1, 0.15) is 0 Å². The molecule has 0 bridgehead atoms. The minimum Gasteiger partial charge on any atom is -0.316 e. The maximum absolute atomic E-state index is 12.1. The standard InChI is InChI=1S/C14H23N3O2S/c1-10-14(12-5-3-7-15-9-12)11(2)17(16-10)13-6-4-8-20(13,18)19/h12-13,15H,3-9H2,1-2H3. The van der Waals surface area contributed by atoms with Crippen molar-refractivity contribution in [3.63, 3.8) is 0 Å². The van der Waals surface area contributed by atoms with Gasteiger partial charge in [0.25, 0.3) is 0 Å². The second kappa shape index (κ2) is 5.15. The van der Waals surface area contributed by atoms with E-state index in [4.69, 9.17) is 0 Å². The number of nitrogens with one attached hydrogen (secondary N) is 1. The number of hydrogen-bond donors (Lipinski definition) is 1. The number of rotatable bonds is 2. The number of hydrogen-bond acceptors (Lipinski definition) is 4. The highest BCUT2D eigenvalue weighted by Crippen LogP contribution is 2.35. The first-order chi connectivity index (χ1) is 9.50. The second-order valence-electron chi connectivity index (χ2n) is 6.04. The van der Waals surface area contributed by atoms with Crippen molar-refractivity contribution in [2.24, 2.45) is 0 Å². The Bertz CT molecular complexity index is 600. The van der Waals surface area contributed by atoms with Crippen molar-refractivity contribution in [3.05, 3.63) is 17.0 Å². The van der Waals surface area contributed by atoms with Gasteiger partial charge in [0.2, 0.25) is 0 Å². The van der Waals surface area contributed by atoms with Gasteiger partial charge in [-0.15, -0.1) is 0 Å². The second-order valence-corrected chi connectivity index (χ2v) is 8.31. The Balaban J connectivity index is 1.98. The first-order valence-corrected chi connectivity index (χ1v) is 9.20. The van der Waals surface area contributed by atoms with Gasteiger partial charge < -0.3 is 5.32 Å². The summed E-state index contributed by atoms with van der Waals surface area (Å²) >= 11 is 0. The van der Waals surface area contributed by atoms with Crippen molar-refractivity contribution < 1.29 is 8.42 Å². The Morgan fingerprint density at radius 1 is 1.25 bits per heavy atom. The summed E-state index contributed by atoms with van der Waals surface area (Å²) in [5, 5.41) is 7.56. The smallest absolute Gasteiger partial charge is 0.173 e. The molecule has 3 heterocycles. The highest BCUT2D eigenvalue weighted by molar-refractivity contribution is 7.91. The Kier molecular flexibility index (Phi) is 3.62. The highest BCUT2D eigenvalue weighted by atomic mass is 32.2. The van der Waals surface area contributed by atoms with Crippen LogP contribution in [0.3, 0.4) is 0 Å². The van der Waals surface area contributed by atoms with Crippen LogP contribution >= 0.6 is 0 Å². The van der Waals surface area contributed by atoms with E-state index >= 15 is 0 Å². The molecule has 0 aromatic carbocycles. The van der Waals surface area contributed by atoms with E-state index in [1.807, 2.05) is 13.8 Å². The minimum atomic E-state index is -3.01. The monoisotopic (exact) mass is 297 g/mol. The molecule has 5 nitrogen and oxygen atoms in total. The molecule has 6 heteroatoms. The number of aromatic nitrogens is 2. The van der Waals surface area contributed by atoms with Gasteiger partial charge in [-0.3, -0.25) is 4.68 Å². The van der Waals surface area contributed by atoms with E-state index in [1.165, 1.54) is 12.0 Å². The number of aryl methyl sites for hydroxylation is 1. The van der Waals surface area contributed by atoms with Crippen LogP contribution in [0.5, 0.6) is 0 Å². The summed E-state index contributed by atoms with van der Waals surface area (Å²) < 4.78 is 26.1. The van der Waals surface area contributed by atoms with Crippen molar-refractivity contribution in [3.8, 4) is 0 Å². The fraction of sp³-hybridized carbons (Fsp3) is 0.786. The minimum absolute atomic E-state index is 0.302. The largest absolute Gasteiger partial charge is 0.316 e. The van der Waals surface area contributed by atoms with Gasteiger partial charge in [0, 0.05) is 23.7 Å². The summed E-state index contributed by atoms with van der Waals surface area (Å²) in [5.41, 5.74) is 3.31. The van der Waals surface area contributed by atoms with E-state index in [-0.39, 0.29) is 0 Å². The lowest BCUT2D eigenvalue weighted by atomic mass is 9.90. The number of nitrogens with zero attached hydrogens (tertiary/aromatic N) is 2. The maximum Gasteiger partial charge on any atom is 0.173 e. The maximum atomic E-state index is 12.1. The molecular formula is C14H23N3O2S. The molecule has 2 aliphatic rings. The molecule has 1 aromatic rings. The Morgan fingerprint density at radius 3 is 2.65 bits per heavy atom. The zero-order chi connectivity index (χ0) is 14.3. The summed E-state index contributed by atoms with van der Waals surface area (Å²) in [6.45, 7) is 6.09. The molecule has 0 spiro atoms.